The molecule has 20 heteroatoms. The number of hydrogen-bond donors (Lipinski definition) is 4. The minimum absolute atomic E-state index is 0.0165. The van der Waals surface area contributed by atoms with E-state index >= 15 is 0 Å². The van der Waals surface area contributed by atoms with Crippen LogP contribution in [0.25, 0.3) is 0 Å². The normalized spacial score (nSPS) is 11.7. The molecule has 64 heavy (non-hydrogen) atoms. The lowest BCUT2D eigenvalue weighted by Crippen LogP contribution is -2.36. The molecule has 0 heterocycles. The zero-order valence-corrected chi connectivity index (χ0v) is 41.5. The molecular weight excluding hydrogens is 829 g/mol. The van der Waals surface area contributed by atoms with Gasteiger partial charge in [-0.3, -0.25) is 19.2 Å². The van der Waals surface area contributed by atoms with Crippen molar-refractivity contribution in [3.8, 4) is 0 Å². The van der Waals surface area contributed by atoms with Crippen LogP contribution in [0.3, 0.4) is 0 Å². The fourth-order valence-electron chi connectivity index (χ4n) is 5.94. The Kier molecular flexibility index (Phi) is 43.9. The summed E-state index contributed by atoms with van der Waals surface area (Å²) in [6.07, 6.45) is 4.43. The first-order valence-electron chi connectivity index (χ1n) is 23.3. The number of nitrogens with zero attached hydrogens (tertiary/aromatic N) is 8. The first-order valence-corrected chi connectivity index (χ1v) is 23.3. The van der Waals surface area contributed by atoms with Crippen molar-refractivity contribution < 1.29 is 48.3 Å². The van der Waals surface area contributed by atoms with E-state index in [0.717, 1.165) is 45.3 Å². The minimum atomic E-state index is -0.268. The molecule has 0 aliphatic heterocycles. The summed E-state index contributed by atoms with van der Waals surface area (Å²) in [5, 5.41) is 18.5. The van der Waals surface area contributed by atoms with Gasteiger partial charge in [-0.05, 0) is 134 Å². The molecule has 0 atom stereocenters. The second kappa shape index (κ2) is 44.2. The smallest absolute Gasteiger partial charge is 0.307 e. The van der Waals surface area contributed by atoms with Crippen LogP contribution in [0.2, 0.25) is 0 Å². The van der Waals surface area contributed by atoms with Crippen molar-refractivity contribution in [1.29, 1.82) is 0 Å². The van der Waals surface area contributed by atoms with Gasteiger partial charge in [0.25, 0.3) is 0 Å². The summed E-state index contributed by atoms with van der Waals surface area (Å²) in [6, 6.07) is 0. The molecule has 0 saturated heterocycles. The van der Waals surface area contributed by atoms with E-state index in [9.17, 15) is 24.3 Å². The molecule has 0 aromatic heterocycles. The summed E-state index contributed by atoms with van der Waals surface area (Å²) in [4.78, 5) is 65.8. The lowest BCUT2D eigenvalue weighted by atomic mass is 10.2. The van der Waals surface area contributed by atoms with E-state index in [4.69, 9.17) is 35.5 Å². The average molecular weight is 923 g/mol. The molecule has 0 unspecified atom stereocenters. The first kappa shape index (κ1) is 63.5. The summed E-state index contributed by atoms with van der Waals surface area (Å²) >= 11 is 0. The highest BCUT2D eigenvalue weighted by Crippen LogP contribution is 2.05. The second-order valence-corrected chi connectivity index (χ2v) is 16.9. The molecule has 0 aliphatic carbocycles. The van der Waals surface area contributed by atoms with Gasteiger partial charge >= 0.3 is 23.9 Å². The first-order chi connectivity index (χ1) is 30.6. The molecule has 0 aromatic carbocycles. The summed E-state index contributed by atoms with van der Waals surface area (Å²) in [5.41, 5.74) is 10.8. The number of hydrogen-bond acceptors (Lipinski definition) is 20. The van der Waals surface area contributed by atoms with E-state index in [1.165, 1.54) is 0 Å². The standard InChI is InChI=1S/C36H73N7O9.C8H21N3O/c1-37(2)24-29-49-33(45)11-19-42(20-12-34(46)50-30-25-38(3)4)17-9-15-41(23-28-44)16-10-18-43(21-13-35(47)51-31-26-39(5)6)22-14-36(48)52-32-27-40(7)8;9-3-1-5-11(7-8-12)6-2-4-10/h44H,9-32H2,1-8H3;12H,1-10H2. The number of likely N-dealkylation sites (N-methyl/N-ethyl adjacent to an activating group) is 4. The molecule has 0 aromatic rings. The van der Waals surface area contributed by atoms with Crippen molar-refractivity contribution in [3.63, 3.8) is 0 Å². The lowest BCUT2D eigenvalue weighted by molar-refractivity contribution is -0.146. The van der Waals surface area contributed by atoms with E-state index < -0.39 is 0 Å². The third-order valence-electron chi connectivity index (χ3n) is 9.82. The number of aliphatic hydroxyl groups is 2. The van der Waals surface area contributed by atoms with Crippen molar-refractivity contribution in [2.45, 2.75) is 51.4 Å². The SMILES string of the molecule is CN(C)CCOC(=O)CCN(CCCN(CCO)CCCN(CCC(=O)OCCN(C)C)CCC(=O)OCCN(C)C)CCC(=O)OCCN(C)C.NCCCN(CCO)CCCN. The fraction of sp³-hybridized carbons (Fsp3) is 0.909. The molecular formula is C44H94N10O10. The Bertz CT molecular complexity index is 989. The van der Waals surface area contributed by atoms with Crippen LogP contribution in [0.5, 0.6) is 0 Å². The van der Waals surface area contributed by atoms with Crippen molar-refractivity contribution in [1.82, 2.24) is 39.2 Å². The summed E-state index contributed by atoms with van der Waals surface area (Å²) in [7, 11) is 15.4. The highest BCUT2D eigenvalue weighted by atomic mass is 16.5. The van der Waals surface area contributed by atoms with Gasteiger partial charge in [0.15, 0.2) is 0 Å². The van der Waals surface area contributed by atoms with Crippen LogP contribution >= 0.6 is 0 Å². The van der Waals surface area contributed by atoms with Crippen molar-refractivity contribution in [2.24, 2.45) is 11.5 Å². The van der Waals surface area contributed by atoms with Gasteiger partial charge in [-0.15, -0.1) is 0 Å². The Morgan fingerprint density at radius 3 is 0.766 bits per heavy atom. The quantitative estimate of drug-likeness (QED) is 0.0409. The van der Waals surface area contributed by atoms with Gasteiger partial charge < -0.3 is 79.8 Å². The Morgan fingerprint density at radius 2 is 0.562 bits per heavy atom. The Hall–Kier alpha value is -2.60. The second-order valence-electron chi connectivity index (χ2n) is 16.9. The fourth-order valence-corrected chi connectivity index (χ4v) is 5.94. The van der Waals surface area contributed by atoms with Crippen molar-refractivity contribution in [3.05, 3.63) is 0 Å². The van der Waals surface area contributed by atoms with Gasteiger partial charge in [0.2, 0.25) is 0 Å². The molecule has 20 nitrogen and oxygen atoms in total. The van der Waals surface area contributed by atoms with Crippen LogP contribution in [0, 0.1) is 0 Å². The van der Waals surface area contributed by atoms with Crippen LogP contribution in [0.15, 0.2) is 0 Å². The predicted molar refractivity (Wildman–Crippen MR) is 253 cm³/mol. The topological polar surface area (TPSA) is 224 Å². The monoisotopic (exact) mass is 923 g/mol. The van der Waals surface area contributed by atoms with Gasteiger partial charge in [-0.25, -0.2) is 0 Å². The van der Waals surface area contributed by atoms with Crippen molar-refractivity contribution in [2.75, 3.05) is 214 Å². The molecule has 0 amide bonds. The van der Waals surface area contributed by atoms with Gasteiger partial charge in [0.05, 0.1) is 38.9 Å². The van der Waals surface area contributed by atoms with Crippen LogP contribution < -0.4 is 11.5 Å². The van der Waals surface area contributed by atoms with E-state index in [1.54, 1.807) is 0 Å². The van der Waals surface area contributed by atoms with Gasteiger partial charge in [-0.2, -0.15) is 0 Å². The minimum Gasteiger partial charge on any atom is -0.464 e. The number of nitrogens with two attached hydrogens (primary N) is 2. The van der Waals surface area contributed by atoms with E-state index in [-0.39, 0.29) is 62.8 Å². The molecule has 0 fully saturated rings. The van der Waals surface area contributed by atoms with E-state index in [0.29, 0.717) is 125 Å². The number of esters is 4. The van der Waals surface area contributed by atoms with Crippen molar-refractivity contribution >= 4 is 23.9 Å². The molecule has 0 bridgehead atoms. The van der Waals surface area contributed by atoms with E-state index in [2.05, 4.69) is 19.6 Å². The number of rotatable bonds is 42. The summed E-state index contributed by atoms with van der Waals surface area (Å²) < 4.78 is 21.4. The maximum atomic E-state index is 12.4. The highest BCUT2D eigenvalue weighted by Gasteiger charge is 2.16. The van der Waals surface area contributed by atoms with Gasteiger partial charge in [0, 0.05) is 65.4 Å². The van der Waals surface area contributed by atoms with Gasteiger partial charge in [-0.1, -0.05) is 0 Å². The Balaban J connectivity index is 0. The number of carbonyl (C=O) groups is 4. The molecule has 0 aliphatic rings. The average Bonchev–Trinajstić information content (AvgIpc) is 3.23. The van der Waals surface area contributed by atoms with E-state index in [1.807, 2.05) is 76.0 Å². The number of carbonyl (C=O) groups excluding carboxylic acids is 4. The molecule has 0 saturated carbocycles. The highest BCUT2D eigenvalue weighted by molar-refractivity contribution is 5.71. The Labute approximate surface area is 387 Å². The zero-order valence-electron chi connectivity index (χ0n) is 41.5. The van der Waals surface area contributed by atoms with Crippen LogP contribution in [0.1, 0.15) is 51.4 Å². The summed E-state index contributed by atoms with van der Waals surface area (Å²) in [6.45, 7) is 13.4. The maximum Gasteiger partial charge on any atom is 0.307 e. The number of ether oxygens (including phenoxy) is 4. The third kappa shape index (κ3) is 44.6. The Morgan fingerprint density at radius 1 is 0.344 bits per heavy atom. The van der Waals surface area contributed by atoms with Gasteiger partial charge in [0.1, 0.15) is 26.4 Å². The molecule has 380 valence electrons. The maximum absolute atomic E-state index is 12.4. The van der Waals surface area contributed by atoms with Crippen LogP contribution in [-0.2, 0) is 38.1 Å². The number of aliphatic hydroxyl groups excluding tert-OH is 2. The zero-order chi connectivity index (χ0) is 48.4. The largest absolute Gasteiger partial charge is 0.464 e. The molecule has 0 rings (SSSR count). The summed E-state index contributed by atoms with van der Waals surface area (Å²) in [5.74, 6) is -1.07. The molecule has 0 radical (unpaired) electrons. The lowest BCUT2D eigenvalue weighted by Gasteiger charge is -2.27. The third-order valence-corrected chi connectivity index (χ3v) is 9.82. The predicted octanol–water partition coefficient (Wildman–Crippen LogP) is -1.38. The van der Waals surface area contributed by atoms with Crippen LogP contribution in [-0.4, -0.2) is 287 Å². The van der Waals surface area contributed by atoms with Crippen LogP contribution in [0.4, 0.5) is 0 Å². The molecule has 0 spiro atoms. The molecule has 6 N–H and O–H groups in total.